The molecule has 0 saturated heterocycles. The van der Waals surface area contributed by atoms with Gasteiger partial charge in [-0.05, 0) is 38.0 Å². The van der Waals surface area contributed by atoms with E-state index in [1.54, 1.807) is 0 Å². The summed E-state index contributed by atoms with van der Waals surface area (Å²) in [7, 11) is 0. The van der Waals surface area contributed by atoms with Crippen molar-refractivity contribution < 1.29 is 5.11 Å². The van der Waals surface area contributed by atoms with Gasteiger partial charge < -0.3 is 10.4 Å². The molecule has 2 atom stereocenters. The van der Waals surface area contributed by atoms with E-state index in [4.69, 9.17) is 5.11 Å². The Morgan fingerprint density at radius 1 is 1.40 bits per heavy atom. The molecule has 15 heavy (non-hydrogen) atoms. The second-order valence-electron chi connectivity index (χ2n) is 3.86. The Balaban J connectivity index is 2.56. The predicted octanol–water partition coefficient (Wildman–Crippen LogP) is 2.87. The Labute approximate surface area is 99.8 Å². The summed E-state index contributed by atoms with van der Waals surface area (Å²) in [5, 5.41) is 12.3. The van der Waals surface area contributed by atoms with Crippen LogP contribution in [-0.2, 0) is 0 Å². The number of hydrogen-bond acceptors (Lipinski definition) is 2. The highest BCUT2D eigenvalue weighted by Crippen LogP contribution is 2.18. The molecule has 0 aromatic heterocycles. The van der Waals surface area contributed by atoms with Gasteiger partial charge in [0, 0.05) is 23.2 Å². The van der Waals surface area contributed by atoms with Crippen molar-refractivity contribution in [2.45, 2.75) is 32.4 Å². The second-order valence-corrected chi connectivity index (χ2v) is 4.77. The van der Waals surface area contributed by atoms with Crippen LogP contribution in [0.4, 0.5) is 0 Å². The molecule has 0 fully saturated rings. The first kappa shape index (κ1) is 12.7. The van der Waals surface area contributed by atoms with E-state index < -0.39 is 0 Å². The number of aliphatic hydroxyl groups is 1. The summed E-state index contributed by atoms with van der Waals surface area (Å²) in [4.78, 5) is 0. The Morgan fingerprint density at radius 3 is 2.73 bits per heavy atom. The summed E-state index contributed by atoms with van der Waals surface area (Å²) in [5.41, 5.74) is 1.26. The molecule has 0 radical (unpaired) electrons. The average Bonchev–Trinajstić information content (AvgIpc) is 2.18. The largest absolute Gasteiger partial charge is 0.396 e. The van der Waals surface area contributed by atoms with E-state index in [1.807, 2.05) is 12.1 Å². The van der Waals surface area contributed by atoms with Crippen LogP contribution in [0.1, 0.15) is 31.9 Å². The molecule has 0 amide bonds. The van der Waals surface area contributed by atoms with E-state index in [-0.39, 0.29) is 6.61 Å². The summed E-state index contributed by atoms with van der Waals surface area (Å²) < 4.78 is 1.10. The van der Waals surface area contributed by atoms with Crippen molar-refractivity contribution >= 4 is 15.9 Å². The Bertz CT molecular complexity index is 303. The highest BCUT2D eigenvalue weighted by molar-refractivity contribution is 9.10. The maximum absolute atomic E-state index is 8.82. The van der Waals surface area contributed by atoms with Gasteiger partial charge in [0.25, 0.3) is 0 Å². The zero-order valence-electron chi connectivity index (χ0n) is 9.20. The topological polar surface area (TPSA) is 32.3 Å². The molecule has 0 aliphatic rings. The normalized spacial score (nSPS) is 14.9. The summed E-state index contributed by atoms with van der Waals surface area (Å²) in [6.07, 6.45) is 0.790. The van der Waals surface area contributed by atoms with Gasteiger partial charge in [0.1, 0.15) is 0 Å². The Kier molecular flexibility index (Phi) is 5.29. The van der Waals surface area contributed by atoms with Crippen LogP contribution < -0.4 is 5.32 Å². The number of halogens is 1. The molecule has 1 rings (SSSR count). The lowest BCUT2D eigenvalue weighted by Crippen LogP contribution is -2.29. The van der Waals surface area contributed by atoms with E-state index in [0.29, 0.717) is 12.1 Å². The molecule has 2 nitrogen and oxygen atoms in total. The molecule has 2 unspecified atom stereocenters. The zero-order valence-corrected chi connectivity index (χ0v) is 10.8. The van der Waals surface area contributed by atoms with Crippen molar-refractivity contribution in [2.24, 2.45) is 0 Å². The first-order chi connectivity index (χ1) is 7.13. The van der Waals surface area contributed by atoms with E-state index in [2.05, 4.69) is 47.2 Å². The van der Waals surface area contributed by atoms with E-state index in [1.165, 1.54) is 5.56 Å². The highest BCUT2D eigenvalue weighted by Gasteiger charge is 2.08. The van der Waals surface area contributed by atoms with Crippen LogP contribution in [0.15, 0.2) is 28.7 Å². The molecular formula is C12H18BrNO. The first-order valence-corrected chi connectivity index (χ1v) is 6.05. The first-order valence-electron chi connectivity index (χ1n) is 5.26. The number of aliphatic hydroxyl groups excluding tert-OH is 1. The van der Waals surface area contributed by atoms with Gasteiger partial charge >= 0.3 is 0 Å². The van der Waals surface area contributed by atoms with Crippen molar-refractivity contribution in [3.8, 4) is 0 Å². The second kappa shape index (κ2) is 6.26. The van der Waals surface area contributed by atoms with E-state index in [0.717, 1.165) is 10.9 Å². The maximum Gasteiger partial charge on any atom is 0.0445 e. The number of hydrogen-bond donors (Lipinski definition) is 2. The molecule has 0 aliphatic carbocycles. The van der Waals surface area contributed by atoms with Crippen molar-refractivity contribution in [1.82, 2.24) is 5.32 Å². The molecular weight excluding hydrogens is 254 g/mol. The minimum atomic E-state index is 0.235. The van der Waals surface area contributed by atoms with Gasteiger partial charge in [0.2, 0.25) is 0 Å². The van der Waals surface area contributed by atoms with Crippen LogP contribution >= 0.6 is 15.9 Å². The van der Waals surface area contributed by atoms with Crippen molar-refractivity contribution in [2.75, 3.05) is 6.61 Å². The fraction of sp³-hybridized carbons (Fsp3) is 0.500. The number of rotatable bonds is 5. The molecule has 1 aromatic carbocycles. The van der Waals surface area contributed by atoms with Crippen LogP contribution in [0.25, 0.3) is 0 Å². The lowest BCUT2D eigenvalue weighted by molar-refractivity contribution is 0.264. The molecule has 2 N–H and O–H groups in total. The van der Waals surface area contributed by atoms with Gasteiger partial charge in [-0.3, -0.25) is 0 Å². The van der Waals surface area contributed by atoms with Gasteiger partial charge in [-0.1, -0.05) is 28.1 Å². The standard InChI is InChI=1S/C12H18BrNO/c1-9(6-7-15)14-10(2)11-4-3-5-12(13)8-11/h3-5,8-10,14-15H,6-7H2,1-2H3. The van der Waals surface area contributed by atoms with Gasteiger partial charge in [0.15, 0.2) is 0 Å². The van der Waals surface area contributed by atoms with Crippen LogP contribution in [-0.4, -0.2) is 17.8 Å². The third-order valence-electron chi connectivity index (χ3n) is 2.45. The summed E-state index contributed by atoms with van der Waals surface area (Å²) >= 11 is 3.46. The molecule has 1 aromatic rings. The summed E-state index contributed by atoms with van der Waals surface area (Å²) in [5.74, 6) is 0. The lowest BCUT2D eigenvalue weighted by Gasteiger charge is -2.19. The third kappa shape index (κ3) is 4.33. The SMILES string of the molecule is CC(CCO)NC(C)c1cccc(Br)c1. The minimum absolute atomic E-state index is 0.235. The molecule has 0 heterocycles. The van der Waals surface area contributed by atoms with E-state index >= 15 is 0 Å². The number of nitrogens with one attached hydrogen (secondary N) is 1. The predicted molar refractivity (Wildman–Crippen MR) is 66.9 cm³/mol. The number of benzene rings is 1. The smallest absolute Gasteiger partial charge is 0.0445 e. The van der Waals surface area contributed by atoms with Gasteiger partial charge in [0.05, 0.1) is 0 Å². The lowest BCUT2D eigenvalue weighted by atomic mass is 10.1. The fourth-order valence-electron chi connectivity index (χ4n) is 1.58. The quantitative estimate of drug-likeness (QED) is 0.863. The monoisotopic (exact) mass is 271 g/mol. The zero-order chi connectivity index (χ0) is 11.3. The van der Waals surface area contributed by atoms with Crippen LogP contribution in [0, 0.1) is 0 Å². The molecule has 0 bridgehead atoms. The third-order valence-corrected chi connectivity index (χ3v) is 2.94. The fourth-order valence-corrected chi connectivity index (χ4v) is 1.99. The van der Waals surface area contributed by atoms with E-state index in [9.17, 15) is 0 Å². The van der Waals surface area contributed by atoms with Crippen LogP contribution in [0.3, 0.4) is 0 Å². The summed E-state index contributed by atoms with van der Waals surface area (Å²) in [6, 6.07) is 8.92. The van der Waals surface area contributed by atoms with Crippen LogP contribution in [0.2, 0.25) is 0 Å². The molecule has 0 aliphatic heterocycles. The molecule has 0 saturated carbocycles. The van der Waals surface area contributed by atoms with Crippen molar-refractivity contribution in [1.29, 1.82) is 0 Å². The van der Waals surface area contributed by atoms with Crippen molar-refractivity contribution in [3.63, 3.8) is 0 Å². The van der Waals surface area contributed by atoms with Crippen molar-refractivity contribution in [3.05, 3.63) is 34.3 Å². The van der Waals surface area contributed by atoms with Gasteiger partial charge in [-0.15, -0.1) is 0 Å². The Hall–Kier alpha value is -0.380. The maximum atomic E-state index is 8.82. The Morgan fingerprint density at radius 2 is 2.13 bits per heavy atom. The van der Waals surface area contributed by atoms with Gasteiger partial charge in [-0.2, -0.15) is 0 Å². The highest BCUT2D eigenvalue weighted by atomic mass is 79.9. The summed E-state index contributed by atoms with van der Waals surface area (Å²) in [6.45, 7) is 4.46. The average molecular weight is 272 g/mol. The molecule has 0 spiro atoms. The molecule has 3 heteroatoms. The van der Waals surface area contributed by atoms with Crippen LogP contribution in [0.5, 0.6) is 0 Å². The minimum Gasteiger partial charge on any atom is -0.396 e. The molecule has 84 valence electrons. The van der Waals surface area contributed by atoms with Gasteiger partial charge in [-0.25, -0.2) is 0 Å².